The van der Waals surface area contributed by atoms with E-state index >= 15 is 0 Å². The summed E-state index contributed by atoms with van der Waals surface area (Å²) in [6.45, 7) is 0.154. The molecule has 0 unspecified atom stereocenters. The summed E-state index contributed by atoms with van der Waals surface area (Å²) in [5, 5.41) is 10.9. The van der Waals surface area contributed by atoms with Gasteiger partial charge in [-0.05, 0) is 24.3 Å². The summed E-state index contributed by atoms with van der Waals surface area (Å²) in [6.07, 6.45) is -4.22. The van der Waals surface area contributed by atoms with Crippen LogP contribution in [0.1, 0.15) is 11.3 Å². The first-order valence-corrected chi connectivity index (χ1v) is 10.00. The molecular formula is C20H15F4N5OS. The van der Waals surface area contributed by atoms with Crippen molar-refractivity contribution in [1.82, 2.24) is 19.9 Å². The summed E-state index contributed by atoms with van der Waals surface area (Å²) in [7, 11) is 0. The average molecular weight is 449 g/mol. The van der Waals surface area contributed by atoms with E-state index in [1.54, 1.807) is 28.1 Å². The van der Waals surface area contributed by atoms with E-state index in [4.69, 9.17) is 0 Å². The third-order valence-electron chi connectivity index (χ3n) is 4.41. The fraction of sp³-hybridized carbons (Fsp3) is 0.150. The van der Waals surface area contributed by atoms with Crippen molar-refractivity contribution in [2.45, 2.75) is 12.6 Å². The highest BCUT2D eigenvalue weighted by atomic mass is 32.1. The number of nitrogens with zero attached hydrogens (tertiary/aromatic N) is 3. The highest BCUT2D eigenvalue weighted by Gasteiger charge is 2.33. The molecule has 0 saturated heterocycles. The van der Waals surface area contributed by atoms with Crippen molar-refractivity contribution < 1.29 is 22.4 Å². The van der Waals surface area contributed by atoms with Gasteiger partial charge in [0.05, 0.1) is 22.5 Å². The monoisotopic (exact) mass is 449 g/mol. The average Bonchev–Trinajstić information content (AvgIpc) is 3.29. The molecule has 0 radical (unpaired) electrons. The van der Waals surface area contributed by atoms with Gasteiger partial charge in [-0.2, -0.15) is 18.2 Å². The minimum absolute atomic E-state index is 0.154. The Morgan fingerprint density at radius 3 is 2.61 bits per heavy atom. The molecule has 11 heteroatoms. The Bertz CT molecular complexity index is 1230. The molecule has 4 aromatic rings. The van der Waals surface area contributed by atoms with Gasteiger partial charge in [-0.1, -0.05) is 24.3 Å². The Balaban J connectivity index is 1.40. The van der Waals surface area contributed by atoms with E-state index < -0.39 is 23.6 Å². The topological polar surface area (TPSA) is 71.3 Å². The zero-order chi connectivity index (χ0) is 22.0. The van der Waals surface area contributed by atoms with Gasteiger partial charge in [0.25, 0.3) is 0 Å². The normalized spacial score (nSPS) is 11.6. The molecule has 0 saturated carbocycles. The number of anilines is 1. The maximum atomic E-state index is 14.0. The Hall–Kier alpha value is -3.47. The fourth-order valence-corrected chi connectivity index (χ4v) is 3.82. The summed E-state index contributed by atoms with van der Waals surface area (Å²) in [4.78, 5) is 16.9. The number of fused-ring (bicyclic) bond motifs is 1. The van der Waals surface area contributed by atoms with Gasteiger partial charge in [-0.3, -0.25) is 0 Å². The highest BCUT2D eigenvalue weighted by molar-refractivity contribution is 7.15. The van der Waals surface area contributed by atoms with Crippen molar-refractivity contribution in [1.29, 1.82) is 0 Å². The highest BCUT2D eigenvalue weighted by Crippen LogP contribution is 2.34. The van der Waals surface area contributed by atoms with Crippen LogP contribution in [0.4, 0.5) is 28.0 Å². The number of carbonyl (C=O) groups is 1. The van der Waals surface area contributed by atoms with E-state index in [1.807, 2.05) is 0 Å². The number of benzene rings is 2. The number of amides is 2. The zero-order valence-electron chi connectivity index (χ0n) is 15.8. The van der Waals surface area contributed by atoms with Crippen LogP contribution in [0.3, 0.4) is 0 Å². The van der Waals surface area contributed by atoms with Crippen LogP contribution < -0.4 is 10.6 Å². The van der Waals surface area contributed by atoms with E-state index in [9.17, 15) is 22.4 Å². The van der Waals surface area contributed by atoms with Gasteiger partial charge in [0.2, 0.25) is 4.96 Å². The van der Waals surface area contributed by atoms with E-state index in [2.05, 4.69) is 20.7 Å². The van der Waals surface area contributed by atoms with Crippen LogP contribution in [0.25, 0.3) is 16.3 Å². The lowest BCUT2D eigenvalue weighted by atomic mass is 10.1. The number of rotatable bonds is 5. The van der Waals surface area contributed by atoms with E-state index in [0.29, 0.717) is 11.4 Å². The first kappa shape index (κ1) is 20.8. The summed E-state index contributed by atoms with van der Waals surface area (Å²) >= 11 is 1.32. The second-order valence-corrected chi connectivity index (χ2v) is 7.35. The number of para-hydroxylation sites is 1. The predicted molar refractivity (Wildman–Crippen MR) is 108 cm³/mol. The van der Waals surface area contributed by atoms with Crippen LogP contribution in [-0.4, -0.2) is 27.2 Å². The maximum absolute atomic E-state index is 14.0. The molecule has 2 heterocycles. The minimum Gasteiger partial charge on any atom is -0.337 e. The van der Waals surface area contributed by atoms with E-state index in [0.717, 1.165) is 11.8 Å². The number of nitrogens with one attached hydrogen (secondary N) is 2. The van der Waals surface area contributed by atoms with Gasteiger partial charge in [0.1, 0.15) is 5.82 Å². The van der Waals surface area contributed by atoms with Crippen molar-refractivity contribution in [2.24, 2.45) is 0 Å². The molecule has 2 aromatic heterocycles. The van der Waals surface area contributed by atoms with Gasteiger partial charge in [0.15, 0.2) is 5.82 Å². The number of alkyl halides is 3. The van der Waals surface area contributed by atoms with Crippen molar-refractivity contribution in [3.05, 3.63) is 71.0 Å². The first-order chi connectivity index (χ1) is 14.8. The number of carbonyl (C=O) groups excluding carboxylic acids is 1. The number of thiazole rings is 1. The zero-order valence-corrected chi connectivity index (χ0v) is 16.6. The third kappa shape index (κ3) is 4.50. The Kier molecular flexibility index (Phi) is 5.59. The molecule has 0 aliphatic heterocycles. The van der Waals surface area contributed by atoms with Gasteiger partial charge < -0.3 is 10.6 Å². The van der Waals surface area contributed by atoms with Crippen LogP contribution in [0.5, 0.6) is 0 Å². The van der Waals surface area contributed by atoms with Crippen LogP contribution in [0, 0.1) is 5.82 Å². The Labute approximate surface area is 177 Å². The Morgan fingerprint density at radius 1 is 1.10 bits per heavy atom. The second-order valence-electron chi connectivity index (χ2n) is 6.51. The summed E-state index contributed by atoms with van der Waals surface area (Å²) in [6, 6.07) is 10.2. The maximum Gasteiger partial charge on any atom is 0.418 e. The van der Waals surface area contributed by atoms with Gasteiger partial charge in [-0.15, -0.1) is 16.4 Å². The smallest absolute Gasteiger partial charge is 0.337 e. The minimum atomic E-state index is -4.57. The standard InChI is InChI=1S/C20H15F4N5OS/c21-15-7-3-1-5-13(15)17-27-19-29(28-17)12(11-31-19)9-10-25-18(30)26-16-8-4-2-6-14(16)20(22,23)24/h1-8,11H,9-10H2,(H2,25,26,30). The fourth-order valence-electron chi connectivity index (χ4n) is 2.96. The SMILES string of the molecule is O=C(NCCc1csc2nc(-c3ccccc3F)nn12)Nc1ccccc1C(F)(F)F. The van der Waals surface area contributed by atoms with E-state index in [-0.39, 0.29) is 23.6 Å². The van der Waals surface area contributed by atoms with Gasteiger partial charge >= 0.3 is 12.2 Å². The molecule has 4 rings (SSSR count). The molecule has 0 spiro atoms. The lowest BCUT2D eigenvalue weighted by Crippen LogP contribution is -2.31. The molecule has 0 atom stereocenters. The number of urea groups is 1. The van der Waals surface area contributed by atoms with Crippen LogP contribution >= 0.6 is 11.3 Å². The number of hydrogen-bond acceptors (Lipinski definition) is 4. The number of halogens is 4. The molecule has 6 nitrogen and oxygen atoms in total. The van der Waals surface area contributed by atoms with Crippen LogP contribution in [-0.2, 0) is 12.6 Å². The third-order valence-corrected chi connectivity index (χ3v) is 5.28. The second kappa shape index (κ2) is 8.34. The molecule has 2 amide bonds. The lowest BCUT2D eigenvalue weighted by molar-refractivity contribution is -0.136. The van der Waals surface area contributed by atoms with Gasteiger partial charge in [0, 0.05) is 18.3 Å². The first-order valence-electron chi connectivity index (χ1n) is 9.12. The molecule has 0 fully saturated rings. The molecule has 160 valence electrons. The summed E-state index contributed by atoms with van der Waals surface area (Å²) < 4.78 is 54.6. The number of hydrogen-bond donors (Lipinski definition) is 2. The lowest BCUT2D eigenvalue weighted by Gasteiger charge is -2.13. The van der Waals surface area contributed by atoms with Crippen molar-refractivity contribution in [2.75, 3.05) is 11.9 Å². The van der Waals surface area contributed by atoms with Gasteiger partial charge in [-0.25, -0.2) is 13.7 Å². The van der Waals surface area contributed by atoms with E-state index in [1.165, 1.54) is 35.6 Å². The molecule has 2 N–H and O–H groups in total. The number of aromatic nitrogens is 3. The molecule has 0 aliphatic carbocycles. The van der Waals surface area contributed by atoms with Crippen molar-refractivity contribution in [3.8, 4) is 11.4 Å². The largest absolute Gasteiger partial charge is 0.418 e. The predicted octanol–water partition coefficient (Wildman–Crippen LogP) is 4.98. The van der Waals surface area contributed by atoms with Crippen LogP contribution in [0.15, 0.2) is 53.9 Å². The summed E-state index contributed by atoms with van der Waals surface area (Å²) in [5.74, 6) is -0.180. The van der Waals surface area contributed by atoms with Crippen molar-refractivity contribution in [3.63, 3.8) is 0 Å². The van der Waals surface area contributed by atoms with Crippen LogP contribution in [0.2, 0.25) is 0 Å². The summed E-state index contributed by atoms with van der Waals surface area (Å²) in [5.41, 5.74) is -0.236. The van der Waals surface area contributed by atoms with Crippen molar-refractivity contribution >= 4 is 28.0 Å². The molecule has 31 heavy (non-hydrogen) atoms. The molecule has 0 aliphatic rings. The molecule has 2 aromatic carbocycles. The quantitative estimate of drug-likeness (QED) is 0.422. The molecular weight excluding hydrogens is 434 g/mol. The molecule has 0 bridgehead atoms. The Morgan fingerprint density at radius 2 is 1.84 bits per heavy atom.